The van der Waals surface area contributed by atoms with Crippen LogP contribution >= 0.6 is 0 Å². The first-order valence-electron chi connectivity index (χ1n) is 5.35. The van der Waals surface area contributed by atoms with E-state index in [0.29, 0.717) is 24.3 Å². The summed E-state index contributed by atoms with van der Waals surface area (Å²) in [5.74, 6) is 1.34. The monoisotopic (exact) mass is 236 g/mol. The lowest BCUT2D eigenvalue weighted by atomic mass is 9.86. The molecule has 0 aliphatic carbocycles. The average Bonchev–Trinajstić information content (AvgIpc) is 2.02. The van der Waals surface area contributed by atoms with E-state index in [0.717, 1.165) is 0 Å². The van der Waals surface area contributed by atoms with Gasteiger partial charge in [0.25, 0.3) is 10.2 Å². The third-order valence-corrected chi connectivity index (χ3v) is 4.19. The van der Waals surface area contributed by atoms with Gasteiger partial charge >= 0.3 is 0 Å². The van der Waals surface area contributed by atoms with Crippen molar-refractivity contribution in [3.05, 3.63) is 0 Å². The van der Waals surface area contributed by atoms with Crippen LogP contribution in [0.1, 0.15) is 27.7 Å². The summed E-state index contributed by atoms with van der Waals surface area (Å²) in [5.41, 5.74) is 0. The molecule has 0 rings (SSSR count). The highest BCUT2D eigenvalue weighted by molar-refractivity contribution is 7.87. The molecule has 15 heavy (non-hydrogen) atoms. The summed E-state index contributed by atoms with van der Waals surface area (Å²) in [5, 5.41) is 0. The average molecular weight is 236 g/mol. The number of hydrogen-bond donors (Lipinski definition) is 1. The molecule has 0 radical (unpaired) electrons. The fourth-order valence-corrected chi connectivity index (χ4v) is 2.23. The molecule has 0 amide bonds. The largest absolute Gasteiger partial charge is 0.278 e. The molecule has 0 bridgehead atoms. The van der Waals surface area contributed by atoms with Crippen molar-refractivity contribution in [2.24, 2.45) is 17.8 Å². The second-order valence-electron chi connectivity index (χ2n) is 4.79. The van der Waals surface area contributed by atoms with Crippen molar-refractivity contribution in [1.29, 1.82) is 0 Å². The van der Waals surface area contributed by atoms with E-state index in [9.17, 15) is 8.42 Å². The van der Waals surface area contributed by atoms with E-state index < -0.39 is 10.2 Å². The second-order valence-corrected chi connectivity index (χ2v) is 6.76. The second kappa shape index (κ2) is 5.82. The van der Waals surface area contributed by atoms with Crippen molar-refractivity contribution in [1.82, 2.24) is 9.03 Å². The summed E-state index contributed by atoms with van der Waals surface area (Å²) >= 11 is 0. The van der Waals surface area contributed by atoms with Gasteiger partial charge in [-0.05, 0) is 17.8 Å². The van der Waals surface area contributed by atoms with Gasteiger partial charge in [0, 0.05) is 20.6 Å². The molecule has 0 aliphatic heterocycles. The van der Waals surface area contributed by atoms with E-state index in [2.05, 4.69) is 32.4 Å². The van der Waals surface area contributed by atoms with Crippen LogP contribution in [0, 0.1) is 17.8 Å². The van der Waals surface area contributed by atoms with E-state index in [1.54, 1.807) is 0 Å². The molecule has 4 nitrogen and oxygen atoms in total. The minimum absolute atomic E-state index is 0.375. The predicted molar refractivity (Wildman–Crippen MR) is 63.8 cm³/mol. The zero-order valence-corrected chi connectivity index (χ0v) is 11.4. The smallest absolute Gasteiger partial charge is 0.202 e. The van der Waals surface area contributed by atoms with E-state index >= 15 is 0 Å². The van der Waals surface area contributed by atoms with Crippen LogP contribution in [0.25, 0.3) is 0 Å². The van der Waals surface area contributed by atoms with Gasteiger partial charge < -0.3 is 0 Å². The van der Waals surface area contributed by atoms with Gasteiger partial charge in [-0.3, -0.25) is 0 Å². The van der Waals surface area contributed by atoms with Crippen molar-refractivity contribution in [3.63, 3.8) is 0 Å². The molecule has 0 spiro atoms. The van der Waals surface area contributed by atoms with Gasteiger partial charge in [-0.15, -0.1) is 0 Å². The molecule has 0 aromatic rings. The normalized spacial score (nSPS) is 13.5. The van der Waals surface area contributed by atoms with Gasteiger partial charge in [0.1, 0.15) is 0 Å². The van der Waals surface area contributed by atoms with Gasteiger partial charge in [0.2, 0.25) is 0 Å². The number of nitrogens with zero attached hydrogens (tertiary/aromatic N) is 1. The molecule has 0 saturated carbocycles. The van der Waals surface area contributed by atoms with Crippen molar-refractivity contribution in [2.45, 2.75) is 27.7 Å². The molecular weight excluding hydrogens is 212 g/mol. The first-order valence-corrected chi connectivity index (χ1v) is 6.79. The predicted octanol–water partition coefficient (Wildman–Crippen LogP) is 1.31. The maximum Gasteiger partial charge on any atom is 0.278 e. The Labute approximate surface area is 94.2 Å². The molecule has 0 heterocycles. The van der Waals surface area contributed by atoms with Crippen LogP contribution in [0.4, 0.5) is 0 Å². The SMILES string of the molecule is CC(C)C(CNS(=O)(=O)N(C)C)C(C)C. The summed E-state index contributed by atoms with van der Waals surface area (Å²) in [6.45, 7) is 8.99. The van der Waals surface area contributed by atoms with E-state index in [4.69, 9.17) is 0 Å². The molecule has 0 saturated heterocycles. The van der Waals surface area contributed by atoms with E-state index in [1.807, 2.05) is 0 Å². The Morgan fingerprint density at radius 1 is 1.07 bits per heavy atom. The summed E-state index contributed by atoms with van der Waals surface area (Å²) in [7, 11) is -0.217. The first-order chi connectivity index (χ1) is 6.68. The van der Waals surface area contributed by atoms with Gasteiger partial charge in [0.15, 0.2) is 0 Å². The Morgan fingerprint density at radius 2 is 1.47 bits per heavy atom. The molecule has 0 unspecified atom stereocenters. The zero-order valence-electron chi connectivity index (χ0n) is 10.6. The number of rotatable bonds is 6. The number of hydrogen-bond acceptors (Lipinski definition) is 2. The fraction of sp³-hybridized carbons (Fsp3) is 1.00. The summed E-state index contributed by atoms with van der Waals surface area (Å²) < 4.78 is 26.8. The molecule has 0 atom stereocenters. The van der Waals surface area contributed by atoms with Crippen LogP contribution in [-0.4, -0.2) is 33.4 Å². The quantitative estimate of drug-likeness (QED) is 0.756. The third kappa shape index (κ3) is 4.95. The molecule has 0 aromatic heterocycles. The lowest BCUT2D eigenvalue weighted by Crippen LogP contribution is -2.40. The molecule has 92 valence electrons. The molecule has 0 aliphatic rings. The van der Waals surface area contributed by atoms with Crippen molar-refractivity contribution in [2.75, 3.05) is 20.6 Å². The first kappa shape index (κ1) is 14.9. The van der Waals surface area contributed by atoms with Crippen LogP contribution in [0.3, 0.4) is 0 Å². The van der Waals surface area contributed by atoms with E-state index in [-0.39, 0.29) is 0 Å². The molecule has 5 heteroatoms. The molecular formula is C10H24N2O2S. The highest BCUT2D eigenvalue weighted by Gasteiger charge is 2.21. The fourth-order valence-electron chi connectivity index (χ4n) is 1.57. The molecule has 1 N–H and O–H groups in total. The Balaban J connectivity index is 4.36. The zero-order chi connectivity index (χ0) is 12.2. The molecule has 0 aromatic carbocycles. The minimum atomic E-state index is -3.28. The highest BCUT2D eigenvalue weighted by atomic mass is 32.2. The Bertz CT molecular complexity index is 263. The minimum Gasteiger partial charge on any atom is -0.202 e. The standard InChI is InChI=1S/C10H24N2O2S/c1-8(2)10(9(3)4)7-11-15(13,14)12(5)6/h8-11H,7H2,1-6H3. The van der Waals surface area contributed by atoms with Gasteiger partial charge in [-0.2, -0.15) is 12.7 Å². The van der Waals surface area contributed by atoms with E-state index in [1.165, 1.54) is 18.4 Å². The maximum atomic E-state index is 11.5. The Morgan fingerprint density at radius 3 is 1.73 bits per heavy atom. The Hall–Kier alpha value is -0.130. The van der Waals surface area contributed by atoms with Gasteiger partial charge in [-0.1, -0.05) is 27.7 Å². The Kier molecular flexibility index (Phi) is 5.77. The van der Waals surface area contributed by atoms with Crippen LogP contribution in [0.5, 0.6) is 0 Å². The lowest BCUT2D eigenvalue weighted by Gasteiger charge is -2.25. The van der Waals surface area contributed by atoms with Crippen LogP contribution in [0.2, 0.25) is 0 Å². The van der Waals surface area contributed by atoms with Crippen LogP contribution in [0.15, 0.2) is 0 Å². The van der Waals surface area contributed by atoms with Crippen molar-refractivity contribution < 1.29 is 8.42 Å². The van der Waals surface area contributed by atoms with Crippen molar-refractivity contribution >= 4 is 10.2 Å². The topological polar surface area (TPSA) is 49.4 Å². The summed E-state index contributed by atoms with van der Waals surface area (Å²) in [6.07, 6.45) is 0. The van der Waals surface area contributed by atoms with Gasteiger partial charge in [-0.25, -0.2) is 4.72 Å². The maximum absolute atomic E-state index is 11.5. The number of nitrogens with one attached hydrogen (secondary N) is 1. The lowest BCUT2D eigenvalue weighted by molar-refractivity contribution is 0.287. The van der Waals surface area contributed by atoms with Gasteiger partial charge in [0.05, 0.1) is 0 Å². The summed E-state index contributed by atoms with van der Waals surface area (Å²) in [6, 6.07) is 0. The summed E-state index contributed by atoms with van der Waals surface area (Å²) in [4.78, 5) is 0. The van der Waals surface area contributed by atoms with Crippen LogP contribution < -0.4 is 4.72 Å². The third-order valence-electron chi connectivity index (χ3n) is 2.69. The van der Waals surface area contributed by atoms with Crippen LogP contribution in [-0.2, 0) is 10.2 Å². The van der Waals surface area contributed by atoms with Crippen molar-refractivity contribution in [3.8, 4) is 0 Å². The highest BCUT2D eigenvalue weighted by Crippen LogP contribution is 2.19. The molecule has 0 fully saturated rings.